The molecule has 3 rings (SSSR count). The smallest absolute Gasteiger partial charge is 0.119 e. The number of methoxy groups -OCH3 is 1. The summed E-state index contributed by atoms with van der Waals surface area (Å²) in [7, 11) is 1.70. The fourth-order valence-corrected chi connectivity index (χ4v) is 3.56. The van der Waals surface area contributed by atoms with Gasteiger partial charge in [0.1, 0.15) is 5.75 Å². The van der Waals surface area contributed by atoms with E-state index >= 15 is 0 Å². The third-order valence-electron chi connectivity index (χ3n) is 3.46. The van der Waals surface area contributed by atoms with Gasteiger partial charge in [-0.1, -0.05) is 18.2 Å². The number of rotatable bonds is 3. The Labute approximate surface area is 118 Å². The third kappa shape index (κ3) is 2.43. The van der Waals surface area contributed by atoms with E-state index in [1.807, 2.05) is 17.8 Å². The zero-order valence-electron chi connectivity index (χ0n) is 11.1. The van der Waals surface area contributed by atoms with Crippen LogP contribution in [0.15, 0.2) is 47.4 Å². The molecule has 1 atom stereocenters. The van der Waals surface area contributed by atoms with Crippen LogP contribution in [0.5, 0.6) is 5.75 Å². The van der Waals surface area contributed by atoms with Gasteiger partial charge in [-0.3, -0.25) is 0 Å². The zero-order chi connectivity index (χ0) is 13.2. The average molecular weight is 271 g/mol. The molecule has 0 saturated heterocycles. The minimum absolute atomic E-state index is 0.397. The lowest BCUT2D eigenvalue weighted by Crippen LogP contribution is -2.10. The Hall–Kier alpha value is -1.61. The second-order valence-electron chi connectivity index (χ2n) is 4.73. The van der Waals surface area contributed by atoms with E-state index in [-0.39, 0.29) is 0 Å². The van der Waals surface area contributed by atoms with Crippen molar-refractivity contribution >= 4 is 17.4 Å². The standard InChI is InChI=1S/C16H17NOS/c1-11-9-12(18-2)7-8-14(11)17-15-10-19-16-6-4-3-5-13(15)16/h3-9,15,17H,10H2,1-2H3. The second-order valence-corrected chi connectivity index (χ2v) is 5.79. The number of fused-ring (bicyclic) bond motifs is 1. The third-order valence-corrected chi connectivity index (χ3v) is 4.65. The van der Waals surface area contributed by atoms with Crippen molar-refractivity contribution in [3.8, 4) is 5.75 Å². The molecule has 19 heavy (non-hydrogen) atoms. The van der Waals surface area contributed by atoms with Gasteiger partial charge in [-0.2, -0.15) is 0 Å². The van der Waals surface area contributed by atoms with Gasteiger partial charge in [0.05, 0.1) is 13.2 Å². The van der Waals surface area contributed by atoms with Gasteiger partial charge in [0, 0.05) is 16.3 Å². The lowest BCUT2D eigenvalue weighted by Gasteiger charge is -2.17. The topological polar surface area (TPSA) is 21.3 Å². The molecule has 1 heterocycles. The molecule has 0 saturated carbocycles. The minimum atomic E-state index is 0.397. The van der Waals surface area contributed by atoms with E-state index in [4.69, 9.17) is 4.74 Å². The molecule has 1 N–H and O–H groups in total. The van der Waals surface area contributed by atoms with Gasteiger partial charge in [-0.15, -0.1) is 11.8 Å². The molecule has 2 nitrogen and oxygen atoms in total. The van der Waals surface area contributed by atoms with Crippen molar-refractivity contribution in [3.05, 3.63) is 53.6 Å². The SMILES string of the molecule is COc1ccc(NC2CSc3ccccc32)c(C)c1. The van der Waals surface area contributed by atoms with Crippen molar-refractivity contribution in [1.29, 1.82) is 0 Å². The molecular weight excluding hydrogens is 254 g/mol. The molecule has 98 valence electrons. The van der Waals surface area contributed by atoms with E-state index < -0.39 is 0 Å². The molecule has 0 fully saturated rings. The van der Waals surface area contributed by atoms with Gasteiger partial charge in [0.2, 0.25) is 0 Å². The van der Waals surface area contributed by atoms with Gasteiger partial charge in [-0.05, 0) is 42.3 Å². The summed E-state index contributed by atoms with van der Waals surface area (Å²) in [5, 5.41) is 3.64. The van der Waals surface area contributed by atoms with E-state index in [9.17, 15) is 0 Å². The van der Waals surface area contributed by atoms with E-state index in [0.29, 0.717) is 6.04 Å². The summed E-state index contributed by atoms with van der Waals surface area (Å²) in [4.78, 5) is 1.39. The number of ether oxygens (including phenoxy) is 1. The fourth-order valence-electron chi connectivity index (χ4n) is 2.39. The molecule has 0 aromatic heterocycles. The Morgan fingerprint density at radius 3 is 2.84 bits per heavy atom. The highest BCUT2D eigenvalue weighted by Gasteiger charge is 2.22. The Kier molecular flexibility index (Phi) is 3.38. The van der Waals surface area contributed by atoms with Crippen LogP contribution in [0, 0.1) is 6.92 Å². The number of aryl methyl sites for hydroxylation is 1. The largest absolute Gasteiger partial charge is 0.497 e. The zero-order valence-corrected chi connectivity index (χ0v) is 12.0. The predicted molar refractivity (Wildman–Crippen MR) is 81.3 cm³/mol. The summed E-state index contributed by atoms with van der Waals surface area (Å²) < 4.78 is 5.24. The van der Waals surface area contributed by atoms with Crippen molar-refractivity contribution < 1.29 is 4.74 Å². The first-order valence-corrected chi connectivity index (χ1v) is 7.39. The van der Waals surface area contributed by atoms with Crippen molar-refractivity contribution in [1.82, 2.24) is 0 Å². The predicted octanol–water partition coefficient (Wildman–Crippen LogP) is 4.26. The molecule has 0 radical (unpaired) electrons. The van der Waals surface area contributed by atoms with Gasteiger partial charge < -0.3 is 10.1 Å². The van der Waals surface area contributed by atoms with Crippen LogP contribution in [0.25, 0.3) is 0 Å². The highest BCUT2D eigenvalue weighted by atomic mass is 32.2. The van der Waals surface area contributed by atoms with Gasteiger partial charge in [0.15, 0.2) is 0 Å². The Balaban J connectivity index is 1.83. The molecule has 3 heteroatoms. The molecule has 0 aliphatic carbocycles. The maximum atomic E-state index is 5.24. The fraction of sp³-hybridized carbons (Fsp3) is 0.250. The summed E-state index contributed by atoms with van der Waals surface area (Å²) in [6.07, 6.45) is 0. The summed E-state index contributed by atoms with van der Waals surface area (Å²) in [5.41, 5.74) is 3.81. The van der Waals surface area contributed by atoms with Crippen LogP contribution >= 0.6 is 11.8 Å². The molecule has 0 spiro atoms. The van der Waals surface area contributed by atoms with Gasteiger partial charge in [-0.25, -0.2) is 0 Å². The first-order valence-electron chi connectivity index (χ1n) is 6.41. The number of nitrogens with one attached hydrogen (secondary N) is 1. The normalized spacial score (nSPS) is 17.1. The second kappa shape index (κ2) is 5.17. The van der Waals surface area contributed by atoms with E-state index in [0.717, 1.165) is 11.5 Å². The maximum absolute atomic E-state index is 5.24. The highest BCUT2D eigenvalue weighted by Crippen LogP contribution is 2.40. The number of hydrogen-bond donors (Lipinski definition) is 1. The van der Waals surface area contributed by atoms with Crippen LogP contribution in [-0.2, 0) is 0 Å². The monoisotopic (exact) mass is 271 g/mol. The van der Waals surface area contributed by atoms with E-state index in [1.165, 1.54) is 21.7 Å². The van der Waals surface area contributed by atoms with Gasteiger partial charge >= 0.3 is 0 Å². The summed E-state index contributed by atoms with van der Waals surface area (Å²) in [6.45, 7) is 2.11. The lowest BCUT2D eigenvalue weighted by molar-refractivity contribution is 0.414. The van der Waals surface area contributed by atoms with Crippen molar-refractivity contribution in [2.45, 2.75) is 17.9 Å². The molecule has 2 aromatic rings. The number of hydrogen-bond acceptors (Lipinski definition) is 3. The quantitative estimate of drug-likeness (QED) is 0.901. The Bertz CT molecular complexity index is 597. The highest BCUT2D eigenvalue weighted by molar-refractivity contribution is 7.99. The number of anilines is 1. The van der Waals surface area contributed by atoms with Crippen LogP contribution < -0.4 is 10.1 Å². The summed E-state index contributed by atoms with van der Waals surface area (Å²) in [5.74, 6) is 1.99. The summed E-state index contributed by atoms with van der Waals surface area (Å²) in [6, 6.07) is 15.2. The van der Waals surface area contributed by atoms with E-state index in [2.05, 4.69) is 48.6 Å². The van der Waals surface area contributed by atoms with Crippen LogP contribution in [0.4, 0.5) is 5.69 Å². The lowest BCUT2D eigenvalue weighted by atomic mass is 10.1. The number of benzene rings is 2. The maximum Gasteiger partial charge on any atom is 0.119 e. The Morgan fingerprint density at radius 1 is 1.21 bits per heavy atom. The molecule has 1 aliphatic rings. The summed E-state index contributed by atoms with van der Waals surface area (Å²) >= 11 is 1.92. The van der Waals surface area contributed by atoms with Crippen molar-refractivity contribution in [2.24, 2.45) is 0 Å². The molecule has 0 bridgehead atoms. The van der Waals surface area contributed by atoms with Crippen LogP contribution in [0.1, 0.15) is 17.2 Å². The van der Waals surface area contributed by atoms with Crippen LogP contribution in [-0.4, -0.2) is 12.9 Å². The van der Waals surface area contributed by atoms with Crippen molar-refractivity contribution in [3.63, 3.8) is 0 Å². The molecule has 2 aromatic carbocycles. The molecule has 0 amide bonds. The molecule has 1 aliphatic heterocycles. The van der Waals surface area contributed by atoms with Crippen LogP contribution in [0.3, 0.4) is 0 Å². The average Bonchev–Trinajstić information content (AvgIpc) is 2.84. The first-order chi connectivity index (χ1) is 9.28. The molecular formula is C16H17NOS. The minimum Gasteiger partial charge on any atom is -0.497 e. The molecule has 1 unspecified atom stereocenters. The van der Waals surface area contributed by atoms with Gasteiger partial charge in [0.25, 0.3) is 0 Å². The van der Waals surface area contributed by atoms with Crippen LogP contribution in [0.2, 0.25) is 0 Å². The van der Waals surface area contributed by atoms with Crippen molar-refractivity contribution in [2.75, 3.05) is 18.2 Å². The Morgan fingerprint density at radius 2 is 2.05 bits per heavy atom. The van der Waals surface area contributed by atoms with E-state index in [1.54, 1.807) is 7.11 Å². The number of thioether (sulfide) groups is 1. The first kappa shape index (κ1) is 12.4.